The van der Waals surface area contributed by atoms with Crippen molar-refractivity contribution in [3.05, 3.63) is 10.6 Å². The summed E-state index contributed by atoms with van der Waals surface area (Å²) in [7, 11) is 1.60. The van der Waals surface area contributed by atoms with Gasteiger partial charge in [-0.3, -0.25) is 4.79 Å². The Bertz CT molecular complexity index is 270. The van der Waals surface area contributed by atoms with Crippen molar-refractivity contribution >= 4 is 18.5 Å². The summed E-state index contributed by atoms with van der Waals surface area (Å²) < 4.78 is 4.82. The first kappa shape index (κ1) is 12.8. The lowest BCUT2D eigenvalue weighted by Gasteiger charge is -2.05. The summed E-state index contributed by atoms with van der Waals surface area (Å²) in [5.74, 6) is -0.781. The van der Waals surface area contributed by atoms with E-state index in [0.29, 0.717) is 13.2 Å². The second-order valence-electron chi connectivity index (χ2n) is 2.47. The summed E-state index contributed by atoms with van der Waals surface area (Å²) in [6.45, 7) is 1.18. The molecule has 0 aliphatic heterocycles. The predicted molar refractivity (Wildman–Crippen MR) is 55.3 cm³/mol. The van der Waals surface area contributed by atoms with Gasteiger partial charge >= 0.3 is 0 Å². The first-order valence-corrected chi connectivity index (χ1v) is 4.44. The van der Waals surface area contributed by atoms with Gasteiger partial charge in [0.25, 0.3) is 5.91 Å². The molecule has 0 aliphatic carbocycles. The number of ether oxygens (including phenoxy) is 1. The maximum atomic E-state index is 10.7. The summed E-state index contributed by atoms with van der Waals surface area (Å²) in [5.41, 5.74) is 4.78. The topological polar surface area (TPSA) is 88.1 Å². The maximum Gasteiger partial charge on any atom is 0.262 e. The highest BCUT2D eigenvalue weighted by Gasteiger charge is 2.08. The summed E-state index contributed by atoms with van der Waals surface area (Å²) in [6.07, 6.45) is 0.762. The molecular weight excluding hydrogens is 202 g/mol. The van der Waals surface area contributed by atoms with Gasteiger partial charge in [-0.25, -0.2) is 0 Å². The van der Waals surface area contributed by atoms with Crippen LogP contribution in [0.15, 0.2) is 10.6 Å². The SMILES string of the molecule is COCCCNC(S)=C(C#N)C(N)=O. The zero-order chi connectivity index (χ0) is 11.0. The number of nitriles is 1. The second-order valence-corrected chi connectivity index (χ2v) is 2.92. The third-order valence-corrected chi connectivity index (χ3v) is 1.79. The largest absolute Gasteiger partial charge is 0.385 e. The minimum Gasteiger partial charge on any atom is -0.385 e. The minimum absolute atomic E-state index is 0.161. The second kappa shape index (κ2) is 7.24. The van der Waals surface area contributed by atoms with Crippen LogP contribution in [0.5, 0.6) is 0 Å². The smallest absolute Gasteiger partial charge is 0.262 e. The summed E-state index contributed by atoms with van der Waals surface area (Å²) in [4.78, 5) is 10.7. The first-order chi connectivity index (χ1) is 6.63. The van der Waals surface area contributed by atoms with Gasteiger partial charge in [0.05, 0.1) is 5.03 Å². The van der Waals surface area contributed by atoms with Crippen molar-refractivity contribution in [1.82, 2.24) is 5.32 Å². The Morgan fingerprint density at radius 2 is 2.36 bits per heavy atom. The van der Waals surface area contributed by atoms with E-state index in [1.54, 1.807) is 13.2 Å². The van der Waals surface area contributed by atoms with Crippen molar-refractivity contribution in [2.24, 2.45) is 5.73 Å². The van der Waals surface area contributed by atoms with E-state index in [9.17, 15) is 4.79 Å². The van der Waals surface area contributed by atoms with Gasteiger partial charge in [0.15, 0.2) is 0 Å². The van der Waals surface area contributed by atoms with Crippen molar-refractivity contribution in [2.75, 3.05) is 20.3 Å². The molecule has 6 heteroatoms. The van der Waals surface area contributed by atoms with Gasteiger partial charge in [0.2, 0.25) is 0 Å². The zero-order valence-corrected chi connectivity index (χ0v) is 8.80. The Morgan fingerprint density at radius 3 is 2.79 bits per heavy atom. The number of amides is 1. The van der Waals surface area contributed by atoms with E-state index in [2.05, 4.69) is 17.9 Å². The van der Waals surface area contributed by atoms with Gasteiger partial charge in [-0.05, 0) is 6.42 Å². The molecule has 0 radical (unpaired) electrons. The van der Waals surface area contributed by atoms with E-state index in [1.165, 1.54) is 0 Å². The van der Waals surface area contributed by atoms with E-state index >= 15 is 0 Å². The van der Waals surface area contributed by atoms with Crippen molar-refractivity contribution < 1.29 is 9.53 Å². The number of nitrogens with two attached hydrogens (primary N) is 1. The molecule has 0 rings (SSSR count). The molecule has 0 fully saturated rings. The normalized spacial score (nSPS) is 11.5. The lowest BCUT2D eigenvalue weighted by atomic mass is 10.3. The molecule has 0 aromatic heterocycles. The third-order valence-electron chi connectivity index (χ3n) is 1.41. The minimum atomic E-state index is -0.781. The molecule has 0 bridgehead atoms. The number of methoxy groups -OCH3 is 1. The van der Waals surface area contributed by atoms with Crippen LogP contribution < -0.4 is 11.1 Å². The highest BCUT2D eigenvalue weighted by molar-refractivity contribution is 7.84. The van der Waals surface area contributed by atoms with Crippen molar-refractivity contribution in [1.29, 1.82) is 5.26 Å². The van der Waals surface area contributed by atoms with Crippen LogP contribution >= 0.6 is 12.6 Å². The van der Waals surface area contributed by atoms with Gasteiger partial charge in [0.1, 0.15) is 11.6 Å². The Hall–Kier alpha value is -1.19. The predicted octanol–water partition coefficient (Wildman–Crippen LogP) is -0.237. The Kier molecular flexibility index (Phi) is 6.62. The average Bonchev–Trinajstić information content (AvgIpc) is 2.13. The quantitative estimate of drug-likeness (QED) is 0.247. The van der Waals surface area contributed by atoms with Crippen LogP contribution in [-0.4, -0.2) is 26.2 Å². The van der Waals surface area contributed by atoms with Gasteiger partial charge in [-0.1, -0.05) is 0 Å². The molecular formula is C8H13N3O2S. The number of nitrogens with zero attached hydrogens (tertiary/aromatic N) is 1. The third kappa shape index (κ3) is 4.74. The monoisotopic (exact) mass is 215 g/mol. The number of primary amides is 1. The van der Waals surface area contributed by atoms with E-state index in [0.717, 1.165) is 6.42 Å². The van der Waals surface area contributed by atoms with Gasteiger partial charge in [0, 0.05) is 20.3 Å². The number of rotatable bonds is 6. The number of hydrogen-bond donors (Lipinski definition) is 3. The van der Waals surface area contributed by atoms with Crippen LogP contribution in [-0.2, 0) is 9.53 Å². The first-order valence-electron chi connectivity index (χ1n) is 3.99. The molecule has 14 heavy (non-hydrogen) atoms. The summed E-state index contributed by atoms with van der Waals surface area (Å²) >= 11 is 3.95. The fourth-order valence-electron chi connectivity index (χ4n) is 0.736. The molecule has 0 atom stereocenters. The van der Waals surface area contributed by atoms with E-state index in [1.807, 2.05) is 0 Å². The number of carbonyl (C=O) groups is 1. The fourth-order valence-corrected chi connectivity index (χ4v) is 1.01. The molecule has 0 saturated heterocycles. The molecule has 78 valence electrons. The van der Waals surface area contributed by atoms with Crippen LogP contribution in [0, 0.1) is 11.3 Å². The van der Waals surface area contributed by atoms with E-state index < -0.39 is 5.91 Å². The molecule has 0 aromatic rings. The van der Waals surface area contributed by atoms with Crippen molar-refractivity contribution in [2.45, 2.75) is 6.42 Å². The highest BCUT2D eigenvalue weighted by atomic mass is 32.1. The summed E-state index contributed by atoms with van der Waals surface area (Å²) in [6, 6.07) is 1.68. The van der Waals surface area contributed by atoms with Gasteiger partial charge in [-0.2, -0.15) is 5.26 Å². The summed E-state index contributed by atoms with van der Waals surface area (Å²) in [5, 5.41) is 11.5. The lowest BCUT2D eigenvalue weighted by Crippen LogP contribution is -2.21. The molecule has 0 aromatic carbocycles. The number of nitrogens with one attached hydrogen (secondary N) is 1. The molecule has 0 spiro atoms. The molecule has 0 saturated carbocycles. The number of carbonyl (C=O) groups excluding carboxylic acids is 1. The molecule has 5 nitrogen and oxygen atoms in total. The van der Waals surface area contributed by atoms with Crippen LogP contribution in [0.3, 0.4) is 0 Å². The van der Waals surface area contributed by atoms with Crippen molar-refractivity contribution in [3.63, 3.8) is 0 Å². The van der Waals surface area contributed by atoms with Crippen LogP contribution in [0.1, 0.15) is 6.42 Å². The van der Waals surface area contributed by atoms with Crippen LogP contribution in [0.4, 0.5) is 0 Å². The molecule has 0 aliphatic rings. The fraction of sp³-hybridized carbons (Fsp3) is 0.500. The van der Waals surface area contributed by atoms with Gasteiger partial charge < -0.3 is 15.8 Å². The van der Waals surface area contributed by atoms with Crippen molar-refractivity contribution in [3.8, 4) is 6.07 Å². The van der Waals surface area contributed by atoms with Crippen LogP contribution in [0.2, 0.25) is 0 Å². The Labute approximate surface area is 88.3 Å². The lowest BCUT2D eigenvalue weighted by molar-refractivity contribution is -0.114. The average molecular weight is 215 g/mol. The number of hydrogen-bond acceptors (Lipinski definition) is 5. The number of thiol groups is 1. The van der Waals surface area contributed by atoms with E-state index in [4.69, 9.17) is 15.7 Å². The molecule has 0 unspecified atom stereocenters. The standard InChI is InChI=1S/C8H13N3O2S/c1-13-4-2-3-11-8(14)6(5-9)7(10)12/h11,14H,2-4H2,1H3,(H2,10,12). The Morgan fingerprint density at radius 1 is 1.71 bits per heavy atom. The van der Waals surface area contributed by atoms with Crippen LogP contribution in [0.25, 0.3) is 0 Å². The Balaban J connectivity index is 4.09. The highest BCUT2D eigenvalue weighted by Crippen LogP contribution is 2.03. The molecule has 1 amide bonds. The van der Waals surface area contributed by atoms with E-state index in [-0.39, 0.29) is 10.6 Å². The maximum absolute atomic E-state index is 10.7. The zero-order valence-electron chi connectivity index (χ0n) is 7.91. The molecule has 3 N–H and O–H groups in total. The van der Waals surface area contributed by atoms with Gasteiger partial charge in [-0.15, -0.1) is 12.6 Å². The molecule has 0 heterocycles.